The predicted molar refractivity (Wildman–Crippen MR) is 136 cm³/mol. The van der Waals surface area contributed by atoms with E-state index in [9.17, 15) is 0 Å². The van der Waals surface area contributed by atoms with E-state index in [0.29, 0.717) is 11.8 Å². The van der Waals surface area contributed by atoms with Gasteiger partial charge in [-0.25, -0.2) is 10.0 Å². The van der Waals surface area contributed by atoms with E-state index in [-0.39, 0.29) is 5.41 Å². The van der Waals surface area contributed by atoms with Crippen LogP contribution in [-0.2, 0) is 5.41 Å². The number of aromatic nitrogens is 1. The molecule has 0 radical (unpaired) electrons. The van der Waals surface area contributed by atoms with Crippen LogP contribution >= 0.6 is 10.0 Å². The lowest BCUT2D eigenvalue weighted by Gasteiger charge is -2.25. The van der Waals surface area contributed by atoms with Gasteiger partial charge in [0.15, 0.2) is 0 Å². The zero-order valence-electron chi connectivity index (χ0n) is 19.7. The maximum absolute atomic E-state index is 6.65. The minimum atomic E-state index is -0.810. The van der Waals surface area contributed by atoms with Gasteiger partial charge >= 0.3 is 0 Å². The molecule has 0 aliphatic heterocycles. The third kappa shape index (κ3) is 3.29. The van der Waals surface area contributed by atoms with E-state index in [1.807, 2.05) is 6.20 Å². The highest BCUT2D eigenvalue weighted by molar-refractivity contribution is 8.32. The summed E-state index contributed by atoms with van der Waals surface area (Å²) in [5.41, 5.74) is 7.09. The molecule has 2 atom stereocenters. The Balaban J connectivity index is 1.83. The highest BCUT2D eigenvalue weighted by Gasteiger charge is 2.49. The van der Waals surface area contributed by atoms with Crippen LogP contribution in [0.15, 0.2) is 58.0 Å². The normalized spacial score (nSPS) is 21.9. The molecule has 0 bridgehead atoms. The van der Waals surface area contributed by atoms with Crippen LogP contribution in [0.4, 0.5) is 0 Å². The first-order valence-electron chi connectivity index (χ1n) is 11.2. The molecule has 2 aromatic carbocycles. The summed E-state index contributed by atoms with van der Waals surface area (Å²) >= 11 is 0. The van der Waals surface area contributed by atoms with Crippen LogP contribution in [0.2, 0.25) is 0 Å². The smallest absolute Gasteiger partial charge is 0.145 e. The van der Waals surface area contributed by atoms with Crippen molar-refractivity contribution in [3.8, 4) is 11.3 Å². The summed E-state index contributed by atoms with van der Waals surface area (Å²) in [6.45, 7) is 9.21. The molecule has 31 heavy (non-hydrogen) atoms. The second kappa shape index (κ2) is 6.87. The first kappa shape index (κ1) is 20.6. The summed E-state index contributed by atoms with van der Waals surface area (Å²) in [5.74, 6) is 1.14. The van der Waals surface area contributed by atoms with Gasteiger partial charge in [-0.3, -0.25) is 4.98 Å². The van der Waals surface area contributed by atoms with Gasteiger partial charge in [-0.1, -0.05) is 39.8 Å². The van der Waals surface area contributed by atoms with Crippen LogP contribution in [0.1, 0.15) is 51.2 Å². The number of furan rings is 1. The van der Waals surface area contributed by atoms with Gasteiger partial charge in [-0.15, -0.1) is 0 Å². The van der Waals surface area contributed by atoms with Crippen LogP contribution in [0, 0.1) is 5.92 Å². The second-order valence-corrected chi connectivity index (χ2v) is 14.8. The minimum absolute atomic E-state index is 0.193. The van der Waals surface area contributed by atoms with E-state index >= 15 is 0 Å². The second-order valence-electron chi connectivity index (χ2n) is 10.6. The molecule has 2 aromatic heterocycles. The molecule has 1 saturated carbocycles. The van der Waals surface area contributed by atoms with Crippen molar-refractivity contribution in [2.24, 2.45) is 5.92 Å². The Morgan fingerprint density at radius 3 is 2.39 bits per heavy atom. The van der Waals surface area contributed by atoms with Crippen LogP contribution in [0.3, 0.4) is 0 Å². The fraction of sp³-hybridized carbons (Fsp3) is 0.393. The van der Waals surface area contributed by atoms with Crippen molar-refractivity contribution in [2.45, 2.75) is 50.3 Å². The average molecular weight is 432 g/mol. The summed E-state index contributed by atoms with van der Waals surface area (Å²) in [6.07, 6.45) is 10.2. The van der Waals surface area contributed by atoms with E-state index < -0.39 is 10.0 Å². The Bertz CT molecular complexity index is 1310. The van der Waals surface area contributed by atoms with E-state index in [4.69, 9.17) is 9.40 Å². The summed E-state index contributed by atoms with van der Waals surface area (Å²) in [7, 11) is -0.810. The number of fused-ring (bicyclic) bond motifs is 3. The van der Waals surface area contributed by atoms with Gasteiger partial charge < -0.3 is 4.42 Å². The largest absolute Gasteiger partial charge is 0.455 e. The molecule has 2 nitrogen and oxygen atoms in total. The molecule has 3 heteroatoms. The van der Waals surface area contributed by atoms with Gasteiger partial charge in [-0.05, 0) is 88.8 Å². The average Bonchev–Trinajstić information content (AvgIpc) is 3.17. The van der Waals surface area contributed by atoms with E-state index in [1.54, 1.807) is 0 Å². The van der Waals surface area contributed by atoms with Crippen molar-refractivity contribution in [3.05, 3.63) is 59.8 Å². The highest BCUT2D eigenvalue weighted by Crippen LogP contribution is 2.57. The number of benzene rings is 2. The molecule has 0 spiro atoms. The van der Waals surface area contributed by atoms with Crippen molar-refractivity contribution in [1.29, 1.82) is 0 Å². The molecule has 1 aliphatic rings. The first-order chi connectivity index (χ1) is 14.6. The zero-order chi connectivity index (χ0) is 22.1. The molecule has 1 aliphatic carbocycles. The highest BCUT2D eigenvalue weighted by atomic mass is 32.3. The third-order valence-electron chi connectivity index (χ3n) is 7.30. The van der Waals surface area contributed by atoms with Gasteiger partial charge in [0.25, 0.3) is 0 Å². The standard InChI is InChI=1S/C28H33NOS/c1-17(2)19-12-13-29-24(14-19)26-23(28(4)16-18(28)3)11-10-22-21-9-8-20(31(5,6)7)15-25(21)30-27(22)26/h8-15,17-18H,16H2,1-7H3. The SMILES string of the molecule is CC(C)c1ccnc(-c2c(C3(C)CC3C)ccc3c2oc2cc(S(C)(C)C)ccc23)c1. The Hall–Kier alpha value is -2.26. The van der Waals surface area contributed by atoms with Crippen molar-refractivity contribution in [1.82, 2.24) is 4.98 Å². The summed E-state index contributed by atoms with van der Waals surface area (Å²) in [5, 5.41) is 2.39. The predicted octanol–water partition coefficient (Wildman–Crippen LogP) is 8.12. The summed E-state index contributed by atoms with van der Waals surface area (Å²) < 4.78 is 6.65. The topological polar surface area (TPSA) is 26.0 Å². The van der Waals surface area contributed by atoms with Gasteiger partial charge in [0.05, 0.1) is 5.69 Å². The molecular weight excluding hydrogens is 398 g/mol. The third-order valence-corrected chi connectivity index (χ3v) is 8.97. The lowest BCUT2D eigenvalue weighted by Crippen LogP contribution is -2.06. The number of hydrogen-bond donors (Lipinski definition) is 0. The van der Waals surface area contributed by atoms with E-state index in [0.717, 1.165) is 16.9 Å². The molecule has 2 unspecified atom stereocenters. The van der Waals surface area contributed by atoms with Gasteiger partial charge in [0.1, 0.15) is 11.2 Å². The fourth-order valence-corrected chi connectivity index (χ4v) is 5.76. The van der Waals surface area contributed by atoms with Gasteiger partial charge in [0, 0.05) is 22.5 Å². The molecule has 5 rings (SSSR count). The fourth-order valence-electron chi connectivity index (χ4n) is 4.83. The lowest BCUT2D eigenvalue weighted by atomic mass is 9.87. The monoisotopic (exact) mass is 431 g/mol. The number of nitrogens with zero attached hydrogens (tertiary/aromatic N) is 1. The van der Waals surface area contributed by atoms with Crippen molar-refractivity contribution >= 4 is 32.0 Å². The molecule has 4 aromatic rings. The van der Waals surface area contributed by atoms with Crippen LogP contribution < -0.4 is 0 Å². The Morgan fingerprint density at radius 1 is 1.03 bits per heavy atom. The number of rotatable bonds is 4. The Kier molecular flexibility index (Phi) is 4.57. The molecular formula is C28H33NOS. The number of pyridine rings is 1. The van der Waals surface area contributed by atoms with Crippen molar-refractivity contribution < 1.29 is 4.42 Å². The lowest BCUT2D eigenvalue weighted by molar-refractivity contribution is 0.662. The van der Waals surface area contributed by atoms with Crippen LogP contribution in [-0.4, -0.2) is 23.8 Å². The maximum Gasteiger partial charge on any atom is 0.145 e. The van der Waals surface area contributed by atoms with Crippen molar-refractivity contribution in [3.63, 3.8) is 0 Å². The molecule has 0 amide bonds. The quantitative estimate of drug-likeness (QED) is 0.326. The van der Waals surface area contributed by atoms with Gasteiger partial charge in [0.2, 0.25) is 0 Å². The van der Waals surface area contributed by atoms with E-state index in [2.05, 4.69) is 88.9 Å². The Labute approximate surface area is 187 Å². The van der Waals surface area contributed by atoms with Gasteiger partial charge in [-0.2, -0.15) is 0 Å². The molecule has 162 valence electrons. The van der Waals surface area contributed by atoms with E-state index in [1.165, 1.54) is 38.8 Å². The summed E-state index contributed by atoms with van der Waals surface area (Å²) in [6, 6.07) is 15.8. The molecule has 0 saturated heterocycles. The van der Waals surface area contributed by atoms with Crippen LogP contribution in [0.5, 0.6) is 0 Å². The molecule has 2 heterocycles. The van der Waals surface area contributed by atoms with Crippen LogP contribution in [0.25, 0.3) is 33.2 Å². The maximum atomic E-state index is 6.65. The molecule has 0 N–H and O–H groups in total. The minimum Gasteiger partial charge on any atom is -0.455 e. The number of hydrogen-bond acceptors (Lipinski definition) is 2. The Morgan fingerprint density at radius 2 is 1.74 bits per heavy atom. The van der Waals surface area contributed by atoms with Crippen molar-refractivity contribution in [2.75, 3.05) is 18.8 Å². The summed E-state index contributed by atoms with van der Waals surface area (Å²) in [4.78, 5) is 6.22. The first-order valence-corrected chi connectivity index (χ1v) is 14.1. The zero-order valence-corrected chi connectivity index (χ0v) is 20.6. The molecule has 1 fully saturated rings.